The van der Waals surface area contributed by atoms with E-state index in [1.165, 1.54) is 0 Å². The summed E-state index contributed by atoms with van der Waals surface area (Å²) in [5.41, 5.74) is 6.53. The second-order valence-corrected chi connectivity index (χ2v) is 3.51. The normalized spacial score (nSPS) is 10.2. The lowest BCUT2D eigenvalue weighted by Crippen LogP contribution is -2.06. The smallest absolute Gasteiger partial charge is 0.124 e. The van der Waals surface area contributed by atoms with Crippen molar-refractivity contribution in [3.8, 4) is 5.75 Å². The highest BCUT2D eigenvalue weighted by Gasteiger charge is 2.06. The molecule has 78 valence electrons. The van der Waals surface area contributed by atoms with E-state index in [0.717, 1.165) is 35.8 Å². The lowest BCUT2D eigenvalue weighted by molar-refractivity contribution is 0.314. The molecule has 0 aliphatic heterocycles. The molecule has 0 unspecified atom stereocenters. The molecule has 0 spiro atoms. The van der Waals surface area contributed by atoms with Crippen LogP contribution >= 0.6 is 11.6 Å². The summed E-state index contributed by atoms with van der Waals surface area (Å²) in [7, 11) is 0. The van der Waals surface area contributed by atoms with E-state index in [9.17, 15) is 0 Å². The molecule has 1 rings (SSSR count). The molecule has 3 heteroatoms. The molecule has 14 heavy (non-hydrogen) atoms. The molecular formula is C11H16ClNO. The predicted molar refractivity (Wildman–Crippen MR) is 60.0 cm³/mol. The number of hydrogen-bond acceptors (Lipinski definition) is 2. The van der Waals surface area contributed by atoms with E-state index in [1.807, 2.05) is 18.2 Å². The molecule has 0 amide bonds. The van der Waals surface area contributed by atoms with E-state index in [4.69, 9.17) is 22.1 Å². The Balaban J connectivity index is 2.83. The van der Waals surface area contributed by atoms with Crippen molar-refractivity contribution in [2.45, 2.75) is 19.8 Å². The molecule has 2 nitrogen and oxygen atoms in total. The summed E-state index contributed by atoms with van der Waals surface area (Å²) in [6, 6.07) is 5.70. The Kier molecular flexibility index (Phi) is 4.77. The first-order valence-corrected chi connectivity index (χ1v) is 5.27. The molecule has 0 aromatic heterocycles. The van der Waals surface area contributed by atoms with Crippen molar-refractivity contribution < 1.29 is 4.74 Å². The quantitative estimate of drug-likeness (QED) is 0.816. The first-order valence-electron chi connectivity index (χ1n) is 4.89. The number of nitrogens with two attached hydrogens (primary N) is 1. The van der Waals surface area contributed by atoms with Crippen LogP contribution in [0.4, 0.5) is 0 Å². The zero-order valence-electron chi connectivity index (χ0n) is 8.42. The summed E-state index contributed by atoms with van der Waals surface area (Å²) < 4.78 is 5.58. The maximum Gasteiger partial charge on any atom is 0.124 e. The van der Waals surface area contributed by atoms with Gasteiger partial charge in [0.15, 0.2) is 0 Å². The van der Waals surface area contributed by atoms with Crippen LogP contribution in [-0.2, 0) is 6.42 Å². The minimum absolute atomic E-state index is 0.590. The van der Waals surface area contributed by atoms with Gasteiger partial charge in [-0.25, -0.2) is 0 Å². The van der Waals surface area contributed by atoms with Gasteiger partial charge in [0.25, 0.3) is 0 Å². The molecule has 0 saturated carbocycles. The number of rotatable bonds is 5. The highest BCUT2D eigenvalue weighted by molar-refractivity contribution is 6.31. The van der Waals surface area contributed by atoms with Crippen molar-refractivity contribution in [2.75, 3.05) is 13.2 Å². The molecule has 0 bridgehead atoms. The molecular weight excluding hydrogens is 198 g/mol. The Hall–Kier alpha value is -0.730. The van der Waals surface area contributed by atoms with Crippen molar-refractivity contribution in [1.82, 2.24) is 0 Å². The number of benzene rings is 1. The molecule has 0 fully saturated rings. The van der Waals surface area contributed by atoms with Gasteiger partial charge in [-0.2, -0.15) is 0 Å². The fourth-order valence-electron chi connectivity index (χ4n) is 1.27. The molecule has 0 saturated heterocycles. The molecule has 0 aliphatic carbocycles. The Morgan fingerprint density at radius 1 is 1.43 bits per heavy atom. The minimum Gasteiger partial charge on any atom is -0.493 e. The van der Waals surface area contributed by atoms with Gasteiger partial charge in [-0.15, -0.1) is 0 Å². The van der Waals surface area contributed by atoms with Gasteiger partial charge >= 0.3 is 0 Å². The number of hydrogen-bond donors (Lipinski definition) is 1. The average Bonchev–Trinajstić information content (AvgIpc) is 2.19. The third kappa shape index (κ3) is 2.89. The van der Waals surface area contributed by atoms with Crippen molar-refractivity contribution in [3.63, 3.8) is 0 Å². The van der Waals surface area contributed by atoms with Gasteiger partial charge in [0.05, 0.1) is 6.61 Å². The zero-order valence-corrected chi connectivity index (χ0v) is 9.18. The first kappa shape index (κ1) is 11.3. The lowest BCUT2D eigenvalue weighted by Gasteiger charge is -2.11. The van der Waals surface area contributed by atoms with Crippen LogP contribution in [0.3, 0.4) is 0 Å². The molecule has 1 aromatic rings. The highest BCUT2D eigenvalue weighted by atomic mass is 35.5. The van der Waals surface area contributed by atoms with E-state index in [1.54, 1.807) is 0 Å². The number of halogens is 1. The third-order valence-corrected chi connectivity index (χ3v) is 2.29. The van der Waals surface area contributed by atoms with E-state index in [2.05, 4.69) is 6.92 Å². The van der Waals surface area contributed by atoms with Crippen LogP contribution in [0.25, 0.3) is 0 Å². The molecule has 1 aromatic carbocycles. The van der Waals surface area contributed by atoms with Crippen LogP contribution in [0.15, 0.2) is 18.2 Å². The van der Waals surface area contributed by atoms with Crippen molar-refractivity contribution in [2.24, 2.45) is 5.73 Å². The molecule has 0 heterocycles. The van der Waals surface area contributed by atoms with Crippen LogP contribution < -0.4 is 10.5 Å². The van der Waals surface area contributed by atoms with Crippen LogP contribution in [0.5, 0.6) is 5.75 Å². The predicted octanol–water partition coefficient (Wildman–Crippen LogP) is 2.63. The maximum absolute atomic E-state index is 6.05. The van der Waals surface area contributed by atoms with Gasteiger partial charge < -0.3 is 10.5 Å². The topological polar surface area (TPSA) is 35.2 Å². The summed E-state index contributed by atoms with van der Waals surface area (Å²) in [6.07, 6.45) is 1.76. The summed E-state index contributed by atoms with van der Waals surface area (Å²) in [4.78, 5) is 0. The first-order chi connectivity index (χ1) is 6.79. The summed E-state index contributed by atoms with van der Waals surface area (Å²) in [5, 5.41) is 0.740. The highest BCUT2D eigenvalue weighted by Crippen LogP contribution is 2.26. The van der Waals surface area contributed by atoms with Gasteiger partial charge in [0.1, 0.15) is 5.75 Å². The van der Waals surface area contributed by atoms with E-state index >= 15 is 0 Å². The maximum atomic E-state index is 6.05. The largest absolute Gasteiger partial charge is 0.493 e. The fraction of sp³-hybridized carbons (Fsp3) is 0.455. The van der Waals surface area contributed by atoms with Crippen LogP contribution in [0.1, 0.15) is 18.9 Å². The average molecular weight is 214 g/mol. The van der Waals surface area contributed by atoms with Crippen molar-refractivity contribution in [3.05, 3.63) is 28.8 Å². The molecule has 0 aliphatic rings. The SMILES string of the molecule is CCCOc1cccc(Cl)c1CCN. The second kappa shape index (κ2) is 5.89. The van der Waals surface area contributed by atoms with Crippen molar-refractivity contribution >= 4 is 11.6 Å². The third-order valence-electron chi connectivity index (χ3n) is 1.93. The van der Waals surface area contributed by atoms with Crippen LogP contribution in [0.2, 0.25) is 5.02 Å². The summed E-state index contributed by atoms with van der Waals surface area (Å²) >= 11 is 6.05. The summed E-state index contributed by atoms with van der Waals surface area (Å²) in [5.74, 6) is 0.866. The minimum atomic E-state index is 0.590. The van der Waals surface area contributed by atoms with Crippen LogP contribution in [0, 0.1) is 0 Å². The van der Waals surface area contributed by atoms with Crippen LogP contribution in [-0.4, -0.2) is 13.2 Å². The molecule has 2 N–H and O–H groups in total. The molecule has 0 atom stereocenters. The Morgan fingerprint density at radius 3 is 2.86 bits per heavy atom. The van der Waals surface area contributed by atoms with Gasteiger partial charge in [-0.1, -0.05) is 24.6 Å². The monoisotopic (exact) mass is 213 g/mol. The van der Waals surface area contributed by atoms with E-state index < -0.39 is 0 Å². The Bertz CT molecular complexity index is 289. The second-order valence-electron chi connectivity index (χ2n) is 3.10. The van der Waals surface area contributed by atoms with Gasteiger partial charge in [-0.3, -0.25) is 0 Å². The van der Waals surface area contributed by atoms with E-state index in [0.29, 0.717) is 6.54 Å². The van der Waals surface area contributed by atoms with Gasteiger partial charge in [0.2, 0.25) is 0 Å². The van der Waals surface area contributed by atoms with Gasteiger partial charge in [-0.05, 0) is 31.5 Å². The number of ether oxygens (including phenoxy) is 1. The lowest BCUT2D eigenvalue weighted by atomic mass is 10.1. The standard InChI is InChI=1S/C11H16ClNO/c1-2-8-14-11-5-3-4-10(12)9(11)6-7-13/h3-5H,2,6-8,13H2,1H3. The zero-order chi connectivity index (χ0) is 10.4. The fourth-order valence-corrected chi connectivity index (χ4v) is 1.53. The molecule has 0 radical (unpaired) electrons. The van der Waals surface area contributed by atoms with Gasteiger partial charge in [0, 0.05) is 10.6 Å². The summed E-state index contributed by atoms with van der Waals surface area (Å²) in [6.45, 7) is 3.39. The Morgan fingerprint density at radius 2 is 2.21 bits per heavy atom. The van der Waals surface area contributed by atoms with Crippen molar-refractivity contribution in [1.29, 1.82) is 0 Å². The Labute approximate surface area is 90.0 Å². The van der Waals surface area contributed by atoms with E-state index in [-0.39, 0.29) is 0 Å².